The van der Waals surface area contributed by atoms with Gasteiger partial charge in [-0.05, 0) is 28.1 Å². The molecule has 1 unspecified atom stereocenters. The summed E-state index contributed by atoms with van der Waals surface area (Å²) in [5.74, 6) is 0. The summed E-state index contributed by atoms with van der Waals surface area (Å²) in [7, 11) is 4.09. The molecule has 1 atom stereocenters. The Morgan fingerprint density at radius 2 is 1.73 bits per heavy atom. The minimum Gasteiger partial charge on any atom is -0.318 e. The highest BCUT2D eigenvalue weighted by atomic mass is 32.2. The van der Waals surface area contributed by atoms with Gasteiger partial charge in [0.25, 0.3) is 0 Å². The molecule has 0 bridgehead atoms. The Kier molecular flexibility index (Phi) is 6.35. The van der Waals surface area contributed by atoms with Crippen LogP contribution in [-0.4, -0.2) is 70.7 Å². The Hall–Kier alpha value is -0.170. The maximum atomic E-state index is 11.9. The average Bonchev–Trinajstić information content (AvgIpc) is 2.14. The Bertz CT molecular complexity index is 265. The lowest BCUT2D eigenvalue weighted by atomic mass is 10.5. The number of sulfonamides is 1. The van der Waals surface area contributed by atoms with Crippen molar-refractivity contribution in [3.8, 4) is 0 Å². The monoisotopic (exact) mass is 237 g/mol. The average molecular weight is 237 g/mol. The molecule has 0 aromatic heterocycles. The molecule has 0 spiro atoms. The van der Waals surface area contributed by atoms with Crippen molar-refractivity contribution in [3.05, 3.63) is 0 Å². The fourth-order valence-electron chi connectivity index (χ4n) is 1.17. The molecule has 15 heavy (non-hydrogen) atoms. The molecular weight excluding hydrogens is 214 g/mol. The van der Waals surface area contributed by atoms with Gasteiger partial charge in [-0.3, -0.25) is 0 Å². The summed E-state index contributed by atoms with van der Waals surface area (Å²) in [6, 6.07) is 0. The van der Waals surface area contributed by atoms with Crippen LogP contribution in [0.3, 0.4) is 0 Å². The van der Waals surface area contributed by atoms with E-state index in [1.807, 2.05) is 19.0 Å². The van der Waals surface area contributed by atoms with Gasteiger partial charge in [0, 0.05) is 26.7 Å². The van der Waals surface area contributed by atoms with Gasteiger partial charge in [0.1, 0.15) is 0 Å². The Balaban J connectivity index is 4.32. The summed E-state index contributed by atoms with van der Waals surface area (Å²) in [6.45, 7) is 3.47. The van der Waals surface area contributed by atoms with E-state index < -0.39 is 10.0 Å². The fourth-order valence-corrected chi connectivity index (χ4v) is 2.50. The normalized spacial score (nSPS) is 14.9. The molecule has 0 radical (unpaired) electrons. The quantitative estimate of drug-likeness (QED) is 0.643. The molecule has 1 N–H and O–H groups in total. The first-order chi connectivity index (χ1) is 6.82. The second kappa shape index (κ2) is 6.42. The van der Waals surface area contributed by atoms with E-state index in [0.717, 1.165) is 6.54 Å². The largest absolute Gasteiger partial charge is 0.318 e. The van der Waals surface area contributed by atoms with Gasteiger partial charge in [0.2, 0.25) is 10.0 Å². The third-order valence-corrected chi connectivity index (χ3v) is 4.53. The van der Waals surface area contributed by atoms with E-state index in [9.17, 15) is 8.42 Å². The fraction of sp³-hybridized carbons (Fsp3) is 1.00. The van der Waals surface area contributed by atoms with Crippen LogP contribution in [0.4, 0.5) is 0 Å². The maximum absolute atomic E-state index is 11.9. The number of rotatable bonds is 7. The van der Waals surface area contributed by atoms with Crippen LogP contribution in [0.15, 0.2) is 0 Å². The third-order valence-electron chi connectivity index (χ3n) is 2.30. The first kappa shape index (κ1) is 14.8. The number of nitrogens with one attached hydrogen (secondary N) is 1. The highest BCUT2D eigenvalue weighted by Gasteiger charge is 2.24. The standard InChI is InChI=1S/C9H23N3O2S/c1-9(8-10-2)15(13,14)12(5)7-6-11(3)4/h9-10H,6-8H2,1-5H3. The van der Waals surface area contributed by atoms with Crippen LogP contribution in [0.2, 0.25) is 0 Å². The van der Waals surface area contributed by atoms with Crippen LogP contribution < -0.4 is 5.32 Å². The minimum absolute atomic E-state index is 0.380. The zero-order valence-electron chi connectivity index (χ0n) is 10.3. The topological polar surface area (TPSA) is 52.7 Å². The summed E-state index contributed by atoms with van der Waals surface area (Å²) in [4.78, 5) is 1.97. The van der Waals surface area contributed by atoms with Crippen molar-refractivity contribution in [1.29, 1.82) is 0 Å². The molecule has 0 heterocycles. The second-order valence-electron chi connectivity index (χ2n) is 4.04. The van der Waals surface area contributed by atoms with E-state index in [-0.39, 0.29) is 5.25 Å². The molecule has 0 saturated carbocycles. The minimum atomic E-state index is -3.15. The predicted molar refractivity (Wildman–Crippen MR) is 63.5 cm³/mol. The first-order valence-electron chi connectivity index (χ1n) is 5.06. The van der Waals surface area contributed by atoms with Gasteiger partial charge in [-0.1, -0.05) is 0 Å². The lowest BCUT2D eigenvalue weighted by Gasteiger charge is -2.23. The predicted octanol–water partition coefficient (Wildman–Crippen LogP) is -0.582. The van der Waals surface area contributed by atoms with Crippen LogP contribution in [-0.2, 0) is 10.0 Å². The molecule has 0 fully saturated rings. The van der Waals surface area contributed by atoms with Crippen molar-refractivity contribution in [2.75, 3.05) is 47.8 Å². The van der Waals surface area contributed by atoms with E-state index >= 15 is 0 Å². The van der Waals surface area contributed by atoms with Crippen LogP contribution >= 0.6 is 0 Å². The van der Waals surface area contributed by atoms with Gasteiger partial charge >= 0.3 is 0 Å². The van der Waals surface area contributed by atoms with E-state index in [1.165, 1.54) is 4.31 Å². The summed E-state index contributed by atoms with van der Waals surface area (Å²) >= 11 is 0. The highest BCUT2D eigenvalue weighted by molar-refractivity contribution is 7.89. The van der Waals surface area contributed by atoms with E-state index in [1.54, 1.807) is 21.0 Å². The van der Waals surface area contributed by atoms with Crippen LogP contribution in [0.5, 0.6) is 0 Å². The second-order valence-corrected chi connectivity index (χ2v) is 6.50. The van der Waals surface area contributed by atoms with Crippen molar-refractivity contribution in [2.24, 2.45) is 0 Å². The van der Waals surface area contributed by atoms with Gasteiger partial charge in [0.05, 0.1) is 5.25 Å². The summed E-state index contributed by atoms with van der Waals surface area (Å²) in [5.41, 5.74) is 0. The number of hydrogen-bond donors (Lipinski definition) is 1. The third kappa shape index (κ3) is 4.92. The first-order valence-corrected chi connectivity index (χ1v) is 6.57. The Labute approximate surface area is 93.5 Å². The summed E-state index contributed by atoms with van der Waals surface area (Å²) in [5, 5.41) is 2.50. The molecule has 6 heteroatoms. The smallest absolute Gasteiger partial charge is 0.217 e. The molecule has 0 rings (SSSR count). The van der Waals surface area contributed by atoms with E-state index in [2.05, 4.69) is 5.32 Å². The Morgan fingerprint density at radius 1 is 1.20 bits per heavy atom. The van der Waals surface area contributed by atoms with Gasteiger partial charge in [-0.15, -0.1) is 0 Å². The number of likely N-dealkylation sites (N-methyl/N-ethyl adjacent to an activating group) is 2. The van der Waals surface area contributed by atoms with Crippen LogP contribution in [0.25, 0.3) is 0 Å². The van der Waals surface area contributed by atoms with Crippen molar-refractivity contribution < 1.29 is 8.42 Å². The van der Waals surface area contributed by atoms with E-state index in [4.69, 9.17) is 0 Å². The van der Waals surface area contributed by atoms with Gasteiger partial charge in [0.15, 0.2) is 0 Å². The van der Waals surface area contributed by atoms with Crippen molar-refractivity contribution >= 4 is 10.0 Å². The molecule has 0 aliphatic heterocycles. The van der Waals surface area contributed by atoms with Crippen molar-refractivity contribution in [3.63, 3.8) is 0 Å². The summed E-state index contributed by atoms with van der Waals surface area (Å²) in [6.07, 6.45) is 0. The highest BCUT2D eigenvalue weighted by Crippen LogP contribution is 2.05. The summed E-state index contributed by atoms with van der Waals surface area (Å²) < 4.78 is 25.2. The van der Waals surface area contributed by atoms with Gasteiger partial charge < -0.3 is 10.2 Å². The molecule has 0 amide bonds. The molecule has 5 nitrogen and oxygen atoms in total. The van der Waals surface area contributed by atoms with E-state index in [0.29, 0.717) is 13.1 Å². The zero-order valence-corrected chi connectivity index (χ0v) is 11.1. The van der Waals surface area contributed by atoms with Crippen molar-refractivity contribution in [1.82, 2.24) is 14.5 Å². The maximum Gasteiger partial charge on any atom is 0.217 e. The van der Waals surface area contributed by atoms with Gasteiger partial charge in [-0.25, -0.2) is 12.7 Å². The number of nitrogens with zero attached hydrogens (tertiary/aromatic N) is 2. The molecule has 0 aromatic rings. The Morgan fingerprint density at radius 3 is 2.13 bits per heavy atom. The molecular formula is C9H23N3O2S. The van der Waals surface area contributed by atoms with Crippen LogP contribution in [0, 0.1) is 0 Å². The zero-order chi connectivity index (χ0) is 12.1. The molecule has 0 aliphatic carbocycles. The molecule has 0 saturated heterocycles. The van der Waals surface area contributed by atoms with Gasteiger partial charge in [-0.2, -0.15) is 0 Å². The number of hydrogen-bond acceptors (Lipinski definition) is 4. The van der Waals surface area contributed by atoms with Crippen molar-refractivity contribution in [2.45, 2.75) is 12.2 Å². The SMILES string of the molecule is CNCC(C)S(=O)(=O)N(C)CCN(C)C. The molecule has 92 valence electrons. The van der Waals surface area contributed by atoms with Crippen LogP contribution in [0.1, 0.15) is 6.92 Å². The molecule has 0 aromatic carbocycles. The lowest BCUT2D eigenvalue weighted by Crippen LogP contribution is -2.41. The lowest BCUT2D eigenvalue weighted by molar-refractivity contribution is 0.356. The molecule has 0 aliphatic rings.